The number of rotatable bonds is 2. The number of hydrogen-bond donors (Lipinski definition) is 0. The molecule has 2 aromatic heterocycles. The Kier molecular flexibility index (Phi) is 3.18. The molecule has 4 nitrogen and oxygen atoms in total. The Labute approximate surface area is 121 Å². The Bertz CT molecular complexity index is 795. The van der Waals surface area contributed by atoms with E-state index in [1.807, 2.05) is 13.0 Å². The van der Waals surface area contributed by atoms with Crippen molar-refractivity contribution in [3.8, 4) is 11.5 Å². The fourth-order valence-electron chi connectivity index (χ4n) is 2.30. The van der Waals surface area contributed by atoms with Crippen LogP contribution in [0, 0.1) is 13.8 Å². The van der Waals surface area contributed by atoms with Crippen LogP contribution in [0.15, 0.2) is 22.7 Å². The minimum absolute atomic E-state index is 0.392. The normalized spacial score (nSPS) is 11.2. The molecule has 0 aliphatic heterocycles. The van der Waals surface area contributed by atoms with Gasteiger partial charge in [0.05, 0.1) is 11.1 Å². The van der Waals surface area contributed by atoms with E-state index in [-0.39, 0.29) is 0 Å². The van der Waals surface area contributed by atoms with Gasteiger partial charge >= 0.3 is 0 Å². The van der Waals surface area contributed by atoms with E-state index in [0.717, 1.165) is 22.9 Å². The quantitative estimate of drug-likeness (QED) is 0.665. The van der Waals surface area contributed by atoms with E-state index in [9.17, 15) is 0 Å². The predicted octanol–water partition coefficient (Wildman–Crippen LogP) is 4.12. The van der Waals surface area contributed by atoms with Crippen LogP contribution in [0.5, 0.6) is 0 Å². The summed E-state index contributed by atoms with van der Waals surface area (Å²) in [5, 5.41) is 5.28. The smallest absolute Gasteiger partial charge is 0.261 e. The zero-order valence-corrected chi connectivity index (χ0v) is 12.3. The Morgan fingerprint density at radius 3 is 2.65 bits per heavy atom. The summed E-state index contributed by atoms with van der Waals surface area (Å²) in [5.74, 6) is 0.999. The molecule has 0 N–H and O–H groups in total. The highest BCUT2D eigenvalue weighted by atomic mass is 35.5. The number of pyridine rings is 1. The number of hydrogen-bond acceptors (Lipinski definition) is 4. The van der Waals surface area contributed by atoms with Gasteiger partial charge in [-0.25, -0.2) is 4.98 Å². The van der Waals surface area contributed by atoms with E-state index in [1.54, 1.807) is 6.92 Å². The summed E-state index contributed by atoms with van der Waals surface area (Å²) >= 11 is 6.29. The molecule has 1 aromatic carbocycles. The SMILES string of the molecule is CCc1ccc2nc(Cl)c(-c3nc(C)no3)c(C)c2c1. The molecule has 5 heteroatoms. The van der Waals surface area contributed by atoms with Gasteiger partial charge in [-0.05, 0) is 43.5 Å². The summed E-state index contributed by atoms with van der Waals surface area (Å²) < 4.78 is 5.23. The maximum atomic E-state index is 6.29. The molecule has 0 saturated heterocycles. The molecule has 0 aliphatic carbocycles. The molecule has 3 rings (SSSR count). The number of aryl methyl sites for hydroxylation is 3. The molecule has 102 valence electrons. The van der Waals surface area contributed by atoms with Crippen molar-refractivity contribution in [1.82, 2.24) is 15.1 Å². The minimum Gasteiger partial charge on any atom is -0.334 e. The first-order valence-corrected chi connectivity index (χ1v) is 6.87. The molecule has 2 heterocycles. The van der Waals surface area contributed by atoms with E-state index in [0.29, 0.717) is 22.4 Å². The first-order valence-electron chi connectivity index (χ1n) is 6.49. The number of benzene rings is 1. The lowest BCUT2D eigenvalue weighted by Gasteiger charge is -2.09. The maximum absolute atomic E-state index is 6.29. The highest BCUT2D eigenvalue weighted by Gasteiger charge is 2.17. The summed E-state index contributed by atoms with van der Waals surface area (Å²) in [7, 11) is 0. The van der Waals surface area contributed by atoms with Crippen LogP contribution in [0.25, 0.3) is 22.4 Å². The van der Waals surface area contributed by atoms with Crippen LogP contribution < -0.4 is 0 Å². The van der Waals surface area contributed by atoms with Crippen LogP contribution in [-0.4, -0.2) is 15.1 Å². The van der Waals surface area contributed by atoms with E-state index in [1.165, 1.54) is 5.56 Å². The van der Waals surface area contributed by atoms with Crippen molar-refractivity contribution >= 4 is 22.5 Å². The zero-order chi connectivity index (χ0) is 14.3. The van der Waals surface area contributed by atoms with Crippen molar-refractivity contribution in [2.24, 2.45) is 0 Å². The molecule has 0 radical (unpaired) electrons. The van der Waals surface area contributed by atoms with Crippen molar-refractivity contribution in [3.63, 3.8) is 0 Å². The van der Waals surface area contributed by atoms with E-state index < -0.39 is 0 Å². The zero-order valence-electron chi connectivity index (χ0n) is 11.6. The predicted molar refractivity (Wildman–Crippen MR) is 78.9 cm³/mol. The maximum Gasteiger partial charge on any atom is 0.261 e. The van der Waals surface area contributed by atoms with Crippen LogP contribution >= 0.6 is 11.6 Å². The second kappa shape index (κ2) is 4.87. The lowest BCUT2D eigenvalue weighted by molar-refractivity contribution is 0.425. The molecule has 3 aromatic rings. The van der Waals surface area contributed by atoms with E-state index >= 15 is 0 Å². The third kappa shape index (κ3) is 2.06. The molecule has 0 spiro atoms. The Morgan fingerprint density at radius 2 is 2.00 bits per heavy atom. The van der Waals surface area contributed by atoms with Gasteiger partial charge < -0.3 is 4.52 Å². The van der Waals surface area contributed by atoms with Gasteiger partial charge in [0.1, 0.15) is 5.15 Å². The van der Waals surface area contributed by atoms with Gasteiger partial charge in [-0.3, -0.25) is 0 Å². The molecule has 0 atom stereocenters. The van der Waals surface area contributed by atoms with Gasteiger partial charge in [0, 0.05) is 5.39 Å². The third-order valence-corrected chi connectivity index (χ3v) is 3.69. The van der Waals surface area contributed by atoms with Crippen LogP contribution in [0.4, 0.5) is 0 Å². The van der Waals surface area contributed by atoms with Gasteiger partial charge in [-0.15, -0.1) is 0 Å². The fourth-order valence-corrected chi connectivity index (χ4v) is 2.61. The second-order valence-corrected chi connectivity index (χ2v) is 5.11. The van der Waals surface area contributed by atoms with Gasteiger partial charge in [-0.1, -0.05) is 29.7 Å². The second-order valence-electron chi connectivity index (χ2n) is 4.75. The minimum atomic E-state index is 0.392. The van der Waals surface area contributed by atoms with Gasteiger partial charge in [0.2, 0.25) is 0 Å². The van der Waals surface area contributed by atoms with E-state index in [2.05, 4.69) is 34.2 Å². The van der Waals surface area contributed by atoms with Crippen molar-refractivity contribution in [2.75, 3.05) is 0 Å². The molecule has 0 saturated carbocycles. The Morgan fingerprint density at radius 1 is 1.20 bits per heavy atom. The molecular weight excluding hydrogens is 274 g/mol. The Balaban J connectivity index is 2.32. The Hall–Kier alpha value is -1.94. The molecule has 0 aliphatic rings. The lowest BCUT2D eigenvalue weighted by atomic mass is 10.0. The summed E-state index contributed by atoms with van der Waals surface area (Å²) in [5.41, 5.74) is 3.87. The largest absolute Gasteiger partial charge is 0.334 e. The molecule has 0 bridgehead atoms. The average Bonchev–Trinajstić information content (AvgIpc) is 2.85. The van der Waals surface area contributed by atoms with Crippen molar-refractivity contribution in [2.45, 2.75) is 27.2 Å². The molecule has 0 unspecified atom stereocenters. The van der Waals surface area contributed by atoms with Gasteiger partial charge in [0.15, 0.2) is 5.82 Å². The summed E-state index contributed by atoms with van der Waals surface area (Å²) in [4.78, 5) is 8.68. The fraction of sp³-hybridized carbons (Fsp3) is 0.267. The summed E-state index contributed by atoms with van der Waals surface area (Å²) in [6, 6.07) is 6.21. The van der Waals surface area contributed by atoms with Crippen molar-refractivity contribution in [1.29, 1.82) is 0 Å². The molecule has 20 heavy (non-hydrogen) atoms. The highest BCUT2D eigenvalue weighted by Crippen LogP contribution is 2.33. The molecular formula is C15H14ClN3O. The van der Waals surface area contributed by atoms with Crippen LogP contribution in [0.1, 0.15) is 23.9 Å². The third-order valence-electron chi connectivity index (χ3n) is 3.41. The number of nitrogens with zero attached hydrogens (tertiary/aromatic N) is 3. The highest BCUT2D eigenvalue weighted by molar-refractivity contribution is 6.32. The first-order chi connectivity index (χ1) is 9.60. The van der Waals surface area contributed by atoms with Crippen molar-refractivity contribution in [3.05, 3.63) is 40.3 Å². The van der Waals surface area contributed by atoms with Crippen LogP contribution in [0.2, 0.25) is 5.15 Å². The number of halogens is 1. The van der Waals surface area contributed by atoms with Crippen LogP contribution in [-0.2, 0) is 6.42 Å². The summed E-state index contributed by atoms with van der Waals surface area (Å²) in [6.07, 6.45) is 0.979. The van der Waals surface area contributed by atoms with E-state index in [4.69, 9.17) is 16.1 Å². The monoisotopic (exact) mass is 287 g/mol. The molecule has 0 amide bonds. The number of fused-ring (bicyclic) bond motifs is 1. The van der Waals surface area contributed by atoms with Crippen molar-refractivity contribution < 1.29 is 4.52 Å². The topological polar surface area (TPSA) is 51.8 Å². The summed E-state index contributed by atoms with van der Waals surface area (Å²) in [6.45, 7) is 5.91. The van der Waals surface area contributed by atoms with Gasteiger partial charge in [-0.2, -0.15) is 4.98 Å². The molecule has 0 fully saturated rings. The van der Waals surface area contributed by atoms with Crippen LogP contribution in [0.3, 0.4) is 0 Å². The van der Waals surface area contributed by atoms with Gasteiger partial charge in [0.25, 0.3) is 5.89 Å². The average molecular weight is 288 g/mol. The standard InChI is InChI=1S/C15H14ClN3O/c1-4-10-5-6-12-11(7-10)8(2)13(14(16)18-12)15-17-9(3)19-20-15/h5-7H,4H2,1-3H3. The number of aromatic nitrogens is 3. The first kappa shape index (κ1) is 13.1. The lowest BCUT2D eigenvalue weighted by Crippen LogP contribution is -1.93.